The fourth-order valence-corrected chi connectivity index (χ4v) is 8.50. The minimum absolute atomic E-state index is 0. The number of hydrogen-bond acceptors (Lipinski definition) is 4. The van der Waals surface area contributed by atoms with Crippen LogP contribution in [0.5, 0.6) is 0 Å². The van der Waals surface area contributed by atoms with Crippen molar-refractivity contribution in [1.29, 1.82) is 0 Å². The molecule has 6 nitrogen and oxygen atoms in total. The normalized spacial score (nSPS) is 9.76. The molecule has 0 saturated carbocycles. The van der Waals surface area contributed by atoms with E-state index >= 15 is 0 Å². The Hall–Kier alpha value is -2.50. The maximum absolute atomic E-state index is 9.48. The average Bonchev–Trinajstić information content (AvgIpc) is 2.93. The molecule has 0 aliphatic carbocycles. The van der Waals surface area contributed by atoms with E-state index in [2.05, 4.69) is 172 Å². The zero-order valence-electron chi connectivity index (χ0n) is 21.7. The summed E-state index contributed by atoms with van der Waals surface area (Å²) < 4.78 is 0.648. The summed E-state index contributed by atoms with van der Waals surface area (Å²) in [4.78, 5) is 17.8. The summed E-state index contributed by atoms with van der Waals surface area (Å²) in [6, 6.07) is 44.0. The molecular weight excluding hydrogens is 659 g/mol. The SMILES string of the molecule is O=[N+]([O-])C=C([SH2+])[SH2+].O=[N+]([O-])C=C([SH2+])[SH2+].[Co+3].c1ccc(C[P+](c2ccccc2)(c2ccccc2)c2ccccc2)cc1. The second-order valence-electron chi connectivity index (χ2n) is 8.12. The molecule has 0 amide bonds. The quantitative estimate of drug-likeness (QED) is 0.129. The standard InChI is InChI=1S/C25H22P.2C2H3NO2S2.Co/c1-5-13-22(14-6-1)21-26(23-15-7-2-8-16-23,24-17-9-3-10-18-24)25-19-11-4-12-20-25;2*4-3(5)1-2(6)7;/h1-20H,21H2;2*1,6-7H;/q+1;;;+3/p+4. The molecule has 212 valence electrons. The van der Waals surface area contributed by atoms with Crippen LogP contribution in [-0.4, -0.2) is 9.85 Å². The van der Waals surface area contributed by atoms with E-state index < -0.39 is 17.1 Å². The van der Waals surface area contributed by atoms with E-state index in [-0.39, 0.29) is 16.8 Å². The van der Waals surface area contributed by atoms with Gasteiger partial charge in [-0.25, -0.2) is 0 Å². The van der Waals surface area contributed by atoms with Gasteiger partial charge < -0.3 is 0 Å². The Bertz CT molecular complexity index is 1280. The summed E-state index contributed by atoms with van der Waals surface area (Å²) in [6.07, 6.45) is 2.63. The predicted molar refractivity (Wildman–Crippen MR) is 186 cm³/mol. The Morgan fingerprint density at radius 2 is 0.829 bits per heavy atom. The Morgan fingerprint density at radius 3 is 1.05 bits per heavy atom. The second-order valence-corrected chi connectivity index (χ2v) is 14.8. The molecule has 0 atom stereocenters. The maximum Gasteiger partial charge on any atom is 3.00 e. The molecule has 4 rings (SSSR count). The molecule has 0 saturated heterocycles. The van der Waals surface area contributed by atoms with Gasteiger partial charge in [-0.1, -0.05) is 84.9 Å². The zero-order chi connectivity index (χ0) is 29.4. The van der Waals surface area contributed by atoms with Crippen molar-refractivity contribution >= 4 is 73.7 Å². The van der Waals surface area contributed by atoms with Gasteiger partial charge in [-0.2, -0.15) is 0 Å². The van der Waals surface area contributed by atoms with Gasteiger partial charge in [-0.3, -0.25) is 20.2 Å². The number of nitro groups is 2. The van der Waals surface area contributed by atoms with E-state index in [4.69, 9.17) is 0 Å². The van der Waals surface area contributed by atoms with Crippen LogP contribution < -0.4 is 15.9 Å². The van der Waals surface area contributed by atoms with Crippen molar-refractivity contribution < 1.29 is 26.6 Å². The van der Waals surface area contributed by atoms with Crippen LogP contribution in [0.25, 0.3) is 0 Å². The van der Waals surface area contributed by atoms with Gasteiger partial charge in [0, 0.05) is 50.5 Å². The topological polar surface area (TPSA) is 86.3 Å². The second kappa shape index (κ2) is 19.6. The Kier molecular flexibility index (Phi) is 17.4. The summed E-state index contributed by atoms with van der Waals surface area (Å²) in [6.45, 7) is 0. The molecule has 0 spiro atoms. The van der Waals surface area contributed by atoms with Gasteiger partial charge in [-0.05, 0) is 42.0 Å². The number of benzene rings is 4. The molecule has 0 aromatic heterocycles. The number of nitrogens with zero attached hydrogens (tertiary/aromatic N) is 2. The fraction of sp³-hybridized carbons (Fsp3) is 0.0345. The van der Waals surface area contributed by atoms with Crippen LogP contribution in [0.2, 0.25) is 0 Å². The average molecular weight is 691 g/mol. The van der Waals surface area contributed by atoms with Gasteiger partial charge in [0.1, 0.15) is 23.2 Å². The third-order valence-electron chi connectivity index (χ3n) is 5.32. The van der Waals surface area contributed by atoms with Crippen LogP contribution in [-0.2, 0) is 73.5 Å². The van der Waals surface area contributed by atoms with E-state index in [1.165, 1.54) is 21.5 Å². The zero-order valence-corrected chi connectivity index (χ0v) is 27.7. The monoisotopic (exact) mass is 690 g/mol. The first-order valence-corrected chi connectivity index (χ1v) is 15.8. The van der Waals surface area contributed by atoms with Crippen LogP contribution in [0, 0.1) is 20.2 Å². The van der Waals surface area contributed by atoms with Crippen molar-refractivity contribution in [1.82, 2.24) is 0 Å². The van der Waals surface area contributed by atoms with Crippen molar-refractivity contribution in [2.45, 2.75) is 6.16 Å². The summed E-state index contributed by atoms with van der Waals surface area (Å²) in [5, 5.41) is 23.2. The molecule has 4 aromatic carbocycles. The van der Waals surface area contributed by atoms with Gasteiger partial charge in [0.05, 0.1) is 16.0 Å². The van der Waals surface area contributed by atoms with Crippen LogP contribution in [0.1, 0.15) is 5.56 Å². The van der Waals surface area contributed by atoms with Crippen molar-refractivity contribution in [2.24, 2.45) is 0 Å². The van der Waals surface area contributed by atoms with E-state index in [0.29, 0.717) is 8.47 Å². The van der Waals surface area contributed by atoms with Gasteiger partial charge in [0.15, 0.2) is 0 Å². The first-order valence-electron chi connectivity index (χ1n) is 11.8. The van der Waals surface area contributed by atoms with Crippen LogP contribution >= 0.6 is 7.26 Å². The first kappa shape index (κ1) is 36.5. The maximum atomic E-state index is 9.48. The fourth-order valence-electron chi connectivity index (χ4n) is 3.84. The van der Waals surface area contributed by atoms with Crippen LogP contribution in [0.15, 0.2) is 142 Å². The van der Waals surface area contributed by atoms with E-state index in [0.717, 1.165) is 18.6 Å². The molecule has 0 heterocycles. The molecule has 0 aliphatic heterocycles. The van der Waals surface area contributed by atoms with Gasteiger partial charge in [-0.15, -0.1) is 0 Å². The van der Waals surface area contributed by atoms with Gasteiger partial charge in [0.2, 0.25) is 0 Å². The summed E-state index contributed by atoms with van der Waals surface area (Å²) in [5.74, 6) is 0. The van der Waals surface area contributed by atoms with Crippen molar-refractivity contribution in [2.75, 3.05) is 0 Å². The molecule has 0 radical (unpaired) electrons. The molecule has 0 bridgehead atoms. The number of rotatable bonds is 7. The molecule has 0 N–H and O–H groups in total. The minimum Gasteiger partial charge on any atom is -0.259 e. The Morgan fingerprint density at radius 1 is 0.561 bits per heavy atom. The van der Waals surface area contributed by atoms with Crippen LogP contribution in [0.4, 0.5) is 0 Å². The molecule has 0 fully saturated rings. The molecule has 0 aliphatic rings. The largest absolute Gasteiger partial charge is 3.00 e. The number of hydrogen-bond donors (Lipinski definition) is 0. The predicted octanol–water partition coefficient (Wildman–Crippen LogP) is 3.35. The Balaban J connectivity index is 0.000000469. The molecule has 12 heteroatoms. The minimum atomic E-state index is -1.78. The molecule has 41 heavy (non-hydrogen) atoms. The first-order chi connectivity index (χ1) is 19.1. The summed E-state index contributed by atoms with van der Waals surface area (Å²) in [7, 11) is -1.78. The van der Waals surface area contributed by atoms with Crippen molar-refractivity contribution in [3.63, 3.8) is 0 Å². The Labute approximate surface area is 272 Å². The van der Waals surface area contributed by atoms with Crippen molar-refractivity contribution in [3.05, 3.63) is 168 Å². The van der Waals surface area contributed by atoms with E-state index in [1.54, 1.807) is 0 Å². The van der Waals surface area contributed by atoms with Crippen LogP contribution in [0.3, 0.4) is 0 Å². The van der Waals surface area contributed by atoms with E-state index in [9.17, 15) is 20.2 Å². The van der Waals surface area contributed by atoms with Gasteiger partial charge in [0.25, 0.3) is 0 Å². The molecule has 0 unspecified atom stereocenters. The smallest absolute Gasteiger partial charge is 0.259 e. The molecule has 4 aromatic rings. The summed E-state index contributed by atoms with van der Waals surface area (Å²) >= 11 is 11.4. The van der Waals surface area contributed by atoms with Crippen molar-refractivity contribution in [3.8, 4) is 0 Å². The summed E-state index contributed by atoms with van der Waals surface area (Å²) in [5.41, 5.74) is 1.39. The van der Waals surface area contributed by atoms with E-state index in [1.807, 2.05) is 0 Å². The third-order valence-corrected chi connectivity index (χ3v) is 10.2. The third kappa shape index (κ3) is 12.9. The molecular formula is C29H32CoN2O4PS4+8. The van der Waals surface area contributed by atoms with Gasteiger partial charge >= 0.3 is 37.7 Å².